The van der Waals surface area contributed by atoms with Gasteiger partial charge in [-0.25, -0.2) is 0 Å². The summed E-state index contributed by atoms with van der Waals surface area (Å²) in [5.74, 6) is 0.668. The maximum absolute atomic E-state index is 9.79. The van der Waals surface area contributed by atoms with Crippen molar-refractivity contribution in [1.82, 2.24) is 0 Å². The summed E-state index contributed by atoms with van der Waals surface area (Å²) < 4.78 is 8.41. The Bertz CT molecular complexity index is 754. The van der Waals surface area contributed by atoms with Crippen LogP contribution in [0.25, 0.3) is 0 Å². The molecule has 0 fully saturated rings. The van der Waals surface area contributed by atoms with E-state index in [1.807, 2.05) is 31.2 Å². The largest absolute Gasteiger partial charge is 0.494 e. The van der Waals surface area contributed by atoms with Crippen LogP contribution in [0.2, 0.25) is 0 Å². The molecule has 1 heterocycles. The van der Waals surface area contributed by atoms with E-state index in [9.17, 15) is 5.26 Å². The van der Waals surface area contributed by atoms with E-state index >= 15 is 0 Å². The summed E-state index contributed by atoms with van der Waals surface area (Å²) in [5, 5.41) is 9.79. The van der Waals surface area contributed by atoms with Crippen LogP contribution in [0.1, 0.15) is 36.9 Å². The van der Waals surface area contributed by atoms with Crippen molar-refractivity contribution >= 4 is 24.2 Å². The molecule has 124 valence electrons. The molecule has 0 spiro atoms. The summed E-state index contributed by atoms with van der Waals surface area (Å²) in [5.41, 5.74) is 4.23. The number of hydrogen-bond donors (Lipinski definition) is 2. The molecular formula is C19H21N3OS. The van der Waals surface area contributed by atoms with E-state index in [0.717, 1.165) is 34.8 Å². The second-order valence-corrected chi connectivity index (χ2v) is 5.95. The summed E-state index contributed by atoms with van der Waals surface area (Å²) in [6.45, 7) is 5.57. The van der Waals surface area contributed by atoms with E-state index in [1.54, 1.807) is 0 Å². The standard InChI is InChI=1S/C19H21N3OS/c1-3-22-18-11-14(21-24)7-10-16(18)17(12-20)19(22)13-5-8-15(9-6-13)23-4-2/h5-11,17,19,21,24H,3-4H2,1-2H3. The van der Waals surface area contributed by atoms with Crippen LogP contribution in [0.15, 0.2) is 42.5 Å². The average molecular weight is 339 g/mol. The molecule has 0 saturated heterocycles. The molecule has 2 atom stereocenters. The molecule has 0 aliphatic carbocycles. The van der Waals surface area contributed by atoms with Gasteiger partial charge in [-0.05, 0) is 49.2 Å². The number of hydrogen-bond acceptors (Lipinski definition) is 5. The number of nitrogens with zero attached hydrogens (tertiary/aromatic N) is 2. The van der Waals surface area contributed by atoms with Crippen LogP contribution in [0, 0.1) is 11.3 Å². The Balaban J connectivity index is 2.02. The van der Waals surface area contributed by atoms with E-state index in [0.29, 0.717) is 6.61 Å². The second-order valence-electron chi connectivity index (χ2n) is 5.73. The third-order valence-electron chi connectivity index (χ3n) is 4.47. The third kappa shape index (κ3) is 2.78. The normalized spacial score (nSPS) is 18.8. The van der Waals surface area contributed by atoms with Gasteiger partial charge in [0.25, 0.3) is 0 Å². The Morgan fingerprint density at radius 3 is 2.54 bits per heavy atom. The zero-order valence-corrected chi connectivity index (χ0v) is 14.8. The van der Waals surface area contributed by atoms with Gasteiger partial charge in [0.2, 0.25) is 0 Å². The number of likely N-dealkylation sites (N-methyl/N-ethyl adjacent to an activating group) is 1. The number of fused-ring (bicyclic) bond motifs is 1. The monoisotopic (exact) mass is 339 g/mol. The van der Waals surface area contributed by atoms with Crippen molar-refractivity contribution in [2.24, 2.45) is 0 Å². The van der Waals surface area contributed by atoms with Crippen LogP contribution in [0.3, 0.4) is 0 Å². The van der Waals surface area contributed by atoms with Crippen LogP contribution in [0.4, 0.5) is 11.4 Å². The molecule has 0 radical (unpaired) electrons. The van der Waals surface area contributed by atoms with Gasteiger partial charge in [0.1, 0.15) is 5.75 Å². The Morgan fingerprint density at radius 1 is 1.21 bits per heavy atom. The maximum Gasteiger partial charge on any atom is 0.119 e. The number of ether oxygens (including phenoxy) is 1. The molecule has 3 rings (SSSR count). The van der Waals surface area contributed by atoms with Gasteiger partial charge in [0.15, 0.2) is 0 Å². The first kappa shape index (κ1) is 16.5. The van der Waals surface area contributed by atoms with Crippen LogP contribution < -0.4 is 14.4 Å². The molecule has 0 aromatic heterocycles. The first-order chi connectivity index (χ1) is 11.7. The molecule has 5 heteroatoms. The first-order valence-electron chi connectivity index (χ1n) is 8.16. The van der Waals surface area contributed by atoms with Crippen LogP contribution in [-0.4, -0.2) is 13.2 Å². The van der Waals surface area contributed by atoms with Crippen molar-refractivity contribution in [2.75, 3.05) is 22.8 Å². The zero-order valence-electron chi connectivity index (χ0n) is 13.9. The van der Waals surface area contributed by atoms with Gasteiger partial charge in [-0.3, -0.25) is 0 Å². The lowest BCUT2D eigenvalue weighted by molar-refractivity contribution is 0.340. The van der Waals surface area contributed by atoms with Crippen LogP contribution in [0.5, 0.6) is 5.75 Å². The highest BCUT2D eigenvalue weighted by Gasteiger charge is 2.39. The van der Waals surface area contributed by atoms with Gasteiger partial charge in [-0.2, -0.15) is 5.26 Å². The molecule has 0 saturated carbocycles. The molecule has 1 N–H and O–H groups in total. The molecule has 0 bridgehead atoms. The van der Waals surface area contributed by atoms with Gasteiger partial charge in [0, 0.05) is 17.9 Å². The highest BCUT2D eigenvalue weighted by atomic mass is 32.1. The number of benzene rings is 2. The van der Waals surface area contributed by atoms with Crippen molar-refractivity contribution in [3.8, 4) is 11.8 Å². The number of anilines is 2. The quantitative estimate of drug-likeness (QED) is 0.786. The highest BCUT2D eigenvalue weighted by Crippen LogP contribution is 2.49. The van der Waals surface area contributed by atoms with Crippen molar-refractivity contribution < 1.29 is 4.74 Å². The van der Waals surface area contributed by atoms with Gasteiger partial charge in [0.05, 0.1) is 24.6 Å². The minimum Gasteiger partial charge on any atom is -0.494 e. The maximum atomic E-state index is 9.79. The van der Waals surface area contributed by atoms with E-state index in [1.165, 1.54) is 0 Å². The number of rotatable bonds is 5. The third-order valence-corrected chi connectivity index (χ3v) is 4.73. The second kappa shape index (κ2) is 7.06. The smallest absolute Gasteiger partial charge is 0.119 e. The summed E-state index contributed by atoms with van der Waals surface area (Å²) >= 11 is 4.13. The Labute approximate surface area is 148 Å². The molecule has 2 aromatic carbocycles. The lowest BCUT2D eigenvalue weighted by Crippen LogP contribution is -2.26. The van der Waals surface area contributed by atoms with E-state index < -0.39 is 0 Å². The highest BCUT2D eigenvalue weighted by molar-refractivity contribution is 7.81. The lowest BCUT2D eigenvalue weighted by Gasteiger charge is -2.28. The fraction of sp³-hybridized carbons (Fsp3) is 0.316. The van der Waals surface area contributed by atoms with Crippen molar-refractivity contribution in [2.45, 2.75) is 25.8 Å². The van der Waals surface area contributed by atoms with Gasteiger partial charge in [-0.15, -0.1) is 0 Å². The zero-order chi connectivity index (χ0) is 17.1. The fourth-order valence-corrected chi connectivity index (χ4v) is 3.57. The fourth-order valence-electron chi connectivity index (χ4n) is 3.43. The van der Waals surface area contributed by atoms with Crippen LogP contribution in [-0.2, 0) is 0 Å². The Kier molecular flexibility index (Phi) is 4.86. The minimum atomic E-state index is -0.188. The van der Waals surface area contributed by atoms with Crippen molar-refractivity contribution in [1.29, 1.82) is 5.26 Å². The Hall–Kier alpha value is -2.32. The Morgan fingerprint density at radius 2 is 1.96 bits per heavy atom. The summed E-state index contributed by atoms with van der Waals surface area (Å²) in [7, 11) is 0. The van der Waals surface area contributed by atoms with Crippen LogP contribution >= 0.6 is 12.8 Å². The molecule has 2 aromatic rings. The minimum absolute atomic E-state index is 0.0147. The molecule has 1 aliphatic heterocycles. The molecule has 1 aliphatic rings. The van der Waals surface area contributed by atoms with Gasteiger partial charge >= 0.3 is 0 Å². The first-order valence-corrected chi connectivity index (χ1v) is 8.61. The summed E-state index contributed by atoms with van der Waals surface area (Å²) in [4.78, 5) is 2.29. The SMILES string of the molecule is CCOc1ccc(C2C(C#N)c3ccc(NS)cc3N2CC)cc1. The number of thiol groups is 1. The molecule has 2 unspecified atom stereocenters. The topological polar surface area (TPSA) is 48.3 Å². The number of nitrogens with one attached hydrogen (secondary N) is 1. The van der Waals surface area contributed by atoms with Crippen molar-refractivity contribution in [3.05, 3.63) is 53.6 Å². The predicted molar refractivity (Wildman–Crippen MR) is 101 cm³/mol. The van der Waals surface area contributed by atoms with Crippen molar-refractivity contribution in [3.63, 3.8) is 0 Å². The van der Waals surface area contributed by atoms with E-state index in [2.05, 4.69) is 53.6 Å². The molecular weight excluding hydrogens is 318 g/mol. The van der Waals surface area contributed by atoms with Gasteiger partial charge < -0.3 is 14.4 Å². The van der Waals surface area contributed by atoms with E-state index in [-0.39, 0.29) is 12.0 Å². The predicted octanol–water partition coefficient (Wildman–Crippen LogP) is 4.53. The summed E-state index contributed by atoms with van der Waals surface area (Å²) in [6, 6.07) is 16.6. The molecule has 0 amide bonds. The van der Waals surface area contributed by atoms with Gasteiger partial charge in [-0.1, -0.05) is 31.0 Å². The molecule has 4 nitrogen and oxygen atoms in total. The lowest BCUT2D eigenvalue weighted by atomic mass is 9.91. The summed E-state index contributed by atoms with van der Waals surface area (Å²) in [6.07, 6.45) is 0. The number of nitriles is 1. The molecule has 24 heavy (non-hydrogen) atoms. The van der Waals surface area contributed by atoms with E-state index in [4.69, 9.17) is 4.74 Å². The average Bonchev–Trinajstić information content (AvgIpc) is 2.95.